The smallest absolute Gasteiger partial charge is 0.226 e. The fourth-order valence-electron chi connectivity index (χ4n) is 1.40. The van der Waals surface area contributed by atoms with E-state index in [1.54, 1.807) is 0 Å². The van der Waals surface area contributed by atoms with Crippen molar-refractivity contribution in [3.63, 3.8) is 0 Å². The highest BCUT2D eigenvalue weighted by molar-refractivity contribution is 5.83. The fraction of sp³-hybridized carbons (Fsp3) is 0.882. The second-order valence-corrected chi connectivity index (χ2v) is 8.26. The van der Waals surface area contributed by atoms with Crippen molar-refractivity contribution in [3.8, 4) is 0 Å². The average Bonchev–Trinajstić information content (AvgIpc) is 2.31. The van der Waals surface area contributed by atoms with E-state index in [1.165, 1.54) is 0 Å². The van der Waals surface area contributed by atoms with Gasteiger partial charge in [-0.2, -0.15) is 0 Å². The van der Waals surface area contributed by atoms with E-state index < -0.39 is 10.8 Å². The lowest BCUT2D eigenvalue weighted by Gasteiger charge is -2.37. The van der Waals surface area contributed by atoms with E-state index in [4.69, 9.17) is 0 Å². The summed E-state index contributed by atoms with van der Waals surface area (Å²) in [6.45, 7) is 18.9. The maximum absolute atomic E-state index is 12.2. The monoisotopic (exact) mass is 298 g/mol. The Kier molecular flexibility index (Phi) is 6.46. The van der Waals surface area contributed by atoms with E-state index in [1.807, 2.05) is 41.5 Å². The first-order valence-electron chi connectivity index (χ1n) is 7.81. The predicted molar refractivity (Wildman–Crippen MR) is 87.9 cm³/mol. The highest BCUT2D eigenvalue weighted by Crippen LogP contribution is 2.37. The molecule has 0 heterocycles. The topological polar surface area (TPSA) is 58.2 Å². The van der Waals surface area contributed by atoms with Gasteiger partial charge in [-0.3, -0.25) is 9.59 Å². The summed E-state index contributed by atoms with van der Waals surface area (Å²) in [5.41, 5.74) is -0.955. The molecule has 0 aliphatic carbocycles. The van der Waals surface area contributed by atoms with Gasteiger partial charge in [0.2, 0.25) is 11.8 Å². The van der Waals surface area contributed by atoms with Gasteiger partial charge in [0, 0.05) is 23.9 Å². The van der Waals surface area contributed by atoms with Crippen LogP contribution in [0.3, 0.4) is 0 Å². The van der Waals surface area contributed by atoms with Crippen LogP contribution in [0.25, 0.3) is 0 Å². The summed E-state index contributed by atoms with van der Waals surface area (Å²) >= 11 is 0. The molecule has 124 valence electrons. The van der Waals surface area contributed by atoms with Crippen molar-refractivity contribution in [1.29, 1.82) is 0 Å². The Labute approximate surface area is 130 Å². The zero-order valence-corrected chi connectivity index (χ0v) is 15.3. The third-order valence-corrected chi connectivity index (χ3v) is 5.17. The molecule has 0 spiro atoms. The quantitative estimate of drug-likeness (QED) is 0.741. The first-order valence-corrected chi connectivity index (χ1v) is 7.81. The Hall–Kier alpha value is -1.06. The first kappa shape index (κ1) is 19.9. The molecule has 0 aromatic carbocycles. The third-order valence-electron chi connectivity index (χ3n) is 5.17. The minimum Gasteiger partial charge on any atom is -0.354 e. The molecule has 0 atom stereocenters. The van der Waals surface area contributed by atoms with E-state index in [-0.39, 0.29) is 23.1 Å². The maximum Gasteiger partial charge on any atom is 0.226 e. The van der Waals surface area contributed by atoms with E-state index in [0.717, 1.165) is 0 Å². The maximum atomic E-state index is 12.2. The molecular formula is C17H34N2O2. The van der Waals surface area contributed by atoms with Crippen LogP contribution < -0.4 is 10.6 Å². The molecule has 0 bridgehead atoms. The summed E-state index contributed by atoms with van der Waals surface area (Å²) in [7, 11) is 0. The first-order chi connectivity index (χ1) is 9.24. The number of rotatable bonds is 6. The second kappa shape index (κ2) is 6.80. The molecule has 0 unspecified atom stereocenters. The fourth-order valence-corrected chi connectivity index (χ4v) is 1.40. The Morgan fingerprint density at radius 1 is 0.810 bits per heavy atom. The van der Waals surface area contributed by atoms with Gasteiger partial charge in [0.25, 0.3) is 0 Å². The molecule has 0 aromatic heterocycles. The summed E-state index contributed by atoms with van der Waals surface area (Å²) < 4.78 is 0. The van der Waals surface area contributed by atoms with Gasteiger partial charge >= 0.3 is 0 Å². The van der Waals surface area contributed by atoms with Crippen molar-refractivity contribution in [2.45, 2.75) is 62.3 Å². The van der Waals surface area contributed by atoms with Crippen LogP contribution in [0.1, 0.15) is 62.3 Å². The largest absolute Gasteiger partial charge is 0.354 e. The van der Waals surface area contributed by atoms with Gasteiger partial charge in [-0.05, 0) is 11.3 Å². The zero-order valence-electron chi connectivity index (χ0n) is 15.3. The molecule has 0 aromatic rings. The Morgan fingerprint density at radius 2 is 1.19 bits per heavy atom. The molecule has 2 amide bonds. The van der Waals surface area contributed by atoms with Crippen LogP contribution in [0, 0.1) is 22.2 Å². The lowest BCUT2D eigenvalue weighted by atomic mass is 9.69. The Bertz CT molecular complexity index is 377. The van der Waals surface area contributed by atoms with E-state index >= 15 is 0 Å². The number of hydrogen-bond acceptors (Lipinski definition) is 2. The van der Waals surface area contributed by atoms with E-state index in [9.17, 15) is 9.59 Å². The molecule has 0 aliphatic heterocycles. The van der Waals surface area contributed by atoms with Crippen molar-refractivity contribution >= 4 is 11.8 Å². The lowest BCUT2D eigenvalue weighted by molar-refractivity contribution is -0.135. The Balaban J connectivity index is 4.30. The predicted octanol–water partition coefficient (Wildman–Crippen LogP) is 2.97. The summed E-state index contributed by atoms with van der Waals surface area (Å²) in [4.78, 5) is 24.3. The molecule has 0 aliphatic rings. The number of amides is 2. The van der Waals surface area contributed by atoms with Gasteiger partial charge in [0.1, 0.15) is 0 Å². The van der Waals surface area contributed by atoms with Crippen molar-refractivity contribution in [2.75, 3.05) is 13.1 Å². The summed E-state index contributed by atoms with van der Waals surface area (Å²) in [5.74, 6) is 0.320. The SMILES string of the molecule is CC(C)C(C)(C)C(=O)NCCNC(=O)C(C)(C)C(C)(C)C. The molecule has 0 rings (SSSR count). The molecule has 0 radical (unpaired) electrons. The zero-order chi connectivity index (χ0) is 17.1. The van der Waals surface area contributed by atoms with Gasteiger partial charge in [-0.25, -0.2) is 0 Å². The number of nitrogens with one attached hydrogen (secondary N) is 2. The van der Waals surface area contributed by atoms with Crippen molar-refractivity contribution in [1.82, 2.24) is 10.6 Å². The molecule has 4 nitrogen and oxygen atoms in total. The van der Waals surface area contributed by atoms with Crippen molar-refractivity contribution in [3.05, 3.63) is 0 Å². The number of carbonyl (C=O) groups is 2. The number of hydrogen-bond donors (Lipinski definition) is 2. The molecule has 0 saturated heterocycles. The summed E-state index contributed by atoms with van der Waals surface area (Å²) in [6, 6.07) is 0. The van der Waals surface area contributed by atoms with Crippen LogP contribution in [0.5, 0.6) is 0 Å². The standard InChI is InChI=1S/C17H34N2O2/c1-12(2)16(6,7)13(20)18-10-11-19-14(21)17(8,9)15(3,4)5/h12H,10-11H2,1-9H3,(H,18,20)(H,19,21). The molecular weight excluding hydrogens is 264 g/mol. The van der Waals surface area contributed by atoms with E-state index in [0.29, 0.717) is 13.1 Å². The minimum absolute atomic E-state index is 0.0207. The van der Waals surface area contributed by atoms with Crippen molar-refractivity contribution in [2.24, 2.45) is 22.2 Å². The van der Waals surface area contributed by atoms with Crippen LogP contribution in [0.15, 0.2) is 0 Å². The highest BCUT2D eigenvalue weighted by atomic mass is 16.2. The normalized spacial score (nSPS) is 13.2. The molecule has 4 heteroatoms. The van der Waals surface area contributed by atoms with Crippen molar-refractivity contribution < 1.29 is 9.59 Å². The van der Waals surface area contributed by atoms with Gasteiger partial charge in [0.15, 0.2) is 0 Å². The number of carbonyl (C=O) groups excluding carboxylic acids is 2. The molecule has 0 fully saturated rings. The summed E-state index contributed by atoms with van der Waals surface area (Å²) in [5, 5.41) is 5.81. The Morgan fingerprint density at radius 3 is 1.52 bits per heavy atom. The van der Waals surface area contributed by atoms with Crippen LogP contribution in [-0.4, -0.2) is 24.9 Å². The minimum atomic E-state index is -0.450. The van der Waals surface area contributed by atoms with Gasteiger partial charge in [-0.1, -0.05) is 62.3 Å². The van der Waals surface area contributed by atoms with E-state index in [2.05, 4.69) is 31.4 Å². The van der Waals surface area contributed by atoms with Crippen LogP contribution >= 0.6 is 0 Å². The summed E-state index contributed by atoms with van der Waals surface area (Å²) in [6.07, 6.45) is 0. The van der Waals surface area contributed by atoms with Gasteiger partial charge in [0.05, 0.1) is 0 Å². The van der Waals surface area contributed by atoms with Gasteiger partial charge < -0.3 is 10.6 Å². The molecule has 21 heavy (non-hydrogen) atoms. The lowest BCUT2D eigenvalue weighted by Crippen LogP contribution is -2.48. The second-order valence-electron chi connectivity index (χ2n) is 8.26. The molecule has 0 saturated carbocycles. The van der Waals surface area contributed by atoms with Crippen LogP contribution in [0.4, 0.5) is 0 Å². The third kappa shape index (κ3) is 5.01. The molecule has 2 N–H and O–H groups in total. The van der Waals surface area contributed by atoms with Gasteiger partial charge in [-0.15, -0.1) is 0 Å². The highest BCUT2D eigenvalue weighted by Gasteiger charge is 2.39. The average molecular weight is 298 g/mol. The van der Waals surface area contributed by atoms with Crippen LogP contribution in [0.2, 0.25) is 0 Å². The van der Waals surface area contributed by atoms with Crippen LogP contribution in [-0.2, 0) is 9.59 Å².